The average Bonchev–Trinajstić information content (AvgIpc) is 2.52. The van der Waals surface area contributed by atoms with Gasteiger partial charge in [0, 0.05) is 26.2 Å². The first-order valence-corrected chi connectivity index (χ1v) is 7.26. The largest absolute Gasteiger partial charge is 0.497 e. The number of ether oxygens (including phenoxy) is 3. The smallest absolute Gasteiger partial charge is 0.220 e. The number of carbonyl (C=O) groups is 1. The van der Waals surface area contributed by atoms with E-state index in [0.29, 0.717) is 32.6 Å². The summed E-state index contributed by atoms with van der Waals surface area (Å²) < 4.78 is 15.7. The Morgan fingerprint density at radius 3 is 2.71 bits per heavy atom. The van der Waals surface area contributed by atoms with E-state index in [0.717, 1.165) is 23.5 Å². The Morgan fingerprint density at radius 1 is 1.24 bits per heavy atom. The SMILES string of the molecule is CCOCCCNC(=O)CCc1cc(OC)ccc1OC. The molecule has 0 bridgehead atoms. The number of rotatable bonds is 10. The van der Waals surface area contributed by atoms with Gasteiger partial charge in [0.05, 0.1) is 14.2 Å². The van der Waals surface area contributed by atoms with Crippen LogP contribution in [0.3, 0.4) is 0 Å². The lowest BCUT2D eigenvalue weighted by Gasteiger charge is -2.10. The topological polar surface area (TPSA) is 56.8 Å². The van der Waals surface area contributed by atoms with Crippen molar-refractivity contribution in [3.05, 3.63) is 23.8 Å². The van der Waals surface area contributed by atoms with Crippen LogP contribution in [-0.2, 0) is 16.0 Å². The van der Waals surface area contributed by atoms with E-state index < -0.39 is 0 Å². The van der Waals surface area contributed by atoms with Crippen LogP contribution in [0, 0.1) is 0 Å². The normalized spacial score (nSPS) is 10.2. The van der Waals surface area contributed by atoms with Crippen molar-refractivity contribution in [3.8, 4) is 11.5 Å². The third-order valence-electron chi connectivity index (χ3n) is 3.10. The molecule has 0 radical (unpaired) electrons. The predicted molar refractivity (Wildman–Crippen MR) is 82.0 cm³/mol. The van der Waals surface area contributed by atoms with Crippen molar-refractivity contribution in [1.29, 1.82) is 0 Å². The molecule has 5 nitrogen and oxygen atoms in total. The lowest BCUT2D eigenvalue weighted by Crippen LogP contribution is -2.25. The van der Waals surface area contributed by atoms with Gasteiger partial charge in [0.1, 0.15) is 11.5 Å². The number of aryl methyl sites for hydroxylation is 1. The highest BCUT2D eigenvalue weighted by Crippen LogP contribution is 2.24. The number of amides is 1. The van der Waals surface area contributed by atoms with Crippen LogP contribution >= 0.6 is 0 Å². The number of methoxy groups -OCH3 is 2. The van der Waals surface area contributed by atoms with E-state index in [1.54, 1.807) is 14.2 Å². The van der Waals surface area contributed by atoms with Gasteiger partial charge in [0.2, 0.25) is 5.91 Å². The molecule has 1 aromatic carbocycles. The van der Waals surface area contributed by atoms with Gasteiger partial charge in [-0.2, -0.15) is 0 Å². The highest BCUT2D eigenvalue weighted by molar-refractivity contribution is 5.76. The molecule has 1 amide bonds. The van der Waals surface area contributed by atoms with Crippen molar-refractivity contribution in [3.63, 3.8) is 0 Å². The number of nitrogens with one attached hydrogen (secondary N) is 1. The Morgan fingerprint density at radius 2 is 2.05 bits per heavy atom. The highest BCUT2D eigenvalue weighted by Gasteiger charge is 2.08. The summed E-state index contributed by atoms with van der Waals surface area (Å²) in [5, 5.41) is 2.89. The van der Waals surface area contributed by atoms with Crippen molar-refractivity contribution >= 4 is 5.91 Å². The van der Waals surface area contributed by atoms with Crippen LogP contribution in [-0.4, -0.2) is 39.9 Å². The summed E-state index contributed by atoms with van der Waals surface area (Å²) >= 11 is 0. The fourth-order valence-corrected chi connectivity index (χ4v) is 1.96. The predicted octanol–water partition coefficient (Wildman–Crippen LogP) is 2.18. The van der Waals surface area contributed by atoms with Crippen molar-refractivity contribution < 1.29 is 19.0 Å². The monoisotopic (exact) mass is 295 g/mol. The Kier molecular flexibility index (Phi) is 8.28. The Hall–Kier alpha value is -1.75. The molecule has 0 fully saturated rings. The molecule has 0 spiro atoms. The van der Waals surface area contributed by atoms with Gasteiger partial charge in [-0.3, -0.25) is 4.79 Å². The lowest BCUT2D eigenvalue weighted by atomic mass is 10.1. The van der Waals surface area contributed by atoms with Gasteiger partial charge >= 0.3 is 0 Å². The van der Waals surface area contributed by atoms with Crippen LogP contribution in [0.15, 0.2) is 18.2 Å². The molecule has 0 unspecified atom stereocenters. The molecule has 0 aliphatic rings. The standard InChI is InChI=1S/C16H25NO4/c1-4-21-11-5-10-17-16(18)9-6-13-12-14(19-2)7-8-15(13)20-3/h7-8,12H,4-6,9-11H2,1-3H3,(H,17,18). The van der Waals surface area contributed by atoms with Gasteiger partial charge in [-0.25, -0.2) is 0 Å². The summed E-state index contributed by atoms with van der Waals surface area (Å²) in [4.78, 5) is 11.8. The maximum atomic E-state index is 11.8. The average molecular weight is 295 g/mol. The van der Waals surface area contributed by atoms with E-state index in [-0.39, 0.29) is 5.91 Å². The van der Waals surface area contributed by atoms with Gasteiger partial charge in [0.15, 0.2) is 0 Å². The molecule has 0 saturated carbocycles. The van der Waals surface area contributed by atoms with Crippen molar-refractivity contribution in [2.24, 2.45) is 0 Å². The van der Waals surface area contributed by atoms with E-state index in [1.807, 2.05) is 25.1 Å². The lowest BCUT2D eigenvalue weighted by molar-refractivity contribution is -0.121. The molecule has 0 saturated heterocycles. The summed E-state index contributed by atoms with van der Waals surface area (Å²) in [7, 11) is 3.25. The second-order valence-electron chi connectivity index (χ2n) is 4.58. The maximum Gasteiger partial charge on any atom is 0.220 e. The van der Waals surface area contributed by atoms with Gasteiger partial charge in [-0.15, -0.1) is 0 Å². The van der Waals surface area contributed by atoms with Crippen molar-refractivity contribution in [1.82, 2.24) is 5.32 Å². The van der Waals surface area contributed by atoms with E-state index in [4.69, 9.17) is 14.2 Å². The third-order valence-corrected chi connectivity index (χ3v) is 3.10. The van der Waals surface area contributed by atoms with Crippen LogP contribution in [0.2, 0.25) is 0 Å². The number of benzene rings is 1. The summed E-state index contributed by atoms with van der Waals surface area (Å²) in [5.74, 6) is 1.58. The molecular weight excluding hydrogens is 270 g/mol. The zero-order chi connectivity index (χ0) is 15.5. The van der Waals surface area contributed by atoms with Crippen molar-refractivity contribution in [2.45, 2.75) is 26.2 Å². The zero-order valence-corrected chi connectivity index (χ0v) is 13.1. The molecular formula is C16H25NO4. The molecule has 0 atom stereocenters. The minimum Gasteiger partial charge on any atom is -0.497 e. The van der Waals surface area contributed by atoms with E-state index in [9.17, 15) is 4.79 Å². The van der Waals surface area contributed by atoms with E-state index in [2.05, 4.69) is 5.32 Å². The van der Waals surface area contributed by atoms with Gasteiger partial charge < -0.3 is 19.5 Å². The zero-order valence-electron chi connectivity index (χ0n) is 13.1. The van der Waals surface area contributed by atoms with Crippen molar-refractivity contribution in [2.75, 3.05) is 34.0 Å². The third kappa shape index (κ3) is 6.49. The molecule has 0 aliphatic heterocycles. The molecule has 118 valence electrons. The van der Waals surface area contributed by atoms with Crippen LogP contribution in [0.5, 0.6) is 11.5 Å². The number of hydrogen-bond acceptors (Lipinski definition) is 4. The Bertz CT molecular complexity index is 434. The molecule has 1 aromatic rings. The second-order valence-corrected chi connectivity index (χ2v) is 4.58. The second kappa shape index (κ2) is 10.0. The summed E-state index contributed by atoms with van der Waals surface area (Å²) in [6.45, 7) is 4.00. The summed E-state index contributed by atoms with van der Waals surface area (Å²) in [5.41, 5.74) is 0.973. The van der Waals surface area contributed by atoms with Gasteiger partial charge in [-0.1, -0.05) is 0 Å². The quantitative estimate of drug-likeness (QED) is 0.672. The molecule has 0 aliphatic carbocycles. The van der Waals surface area contributed by atoms with Gasteiger partial charge in [-0.05, 0) is 43.5 Å². The molecule has 0 aromatic heterocycles. The van der Waals surface area contributed by atoms with Crippen LogP contribution in [0.4, 0.5) is 0 Å². The first kappa shape index (κ1) is 17.3. The fraction of sp³-hybridized carbons (Fsp3) is 0.562. The maximum absolute atomic E-state index is 11.8. The van der Waals surface area contributed by atoms with Gasteiger partial charge in [0.25, 0.3) is 0 Å². The first-order chi connectivity index (χ1) is 10.2. The fourth-order valence-electron chi connectivity index (χ4n) is 1.96. The first-order valence-electron chi connectivity index (χ1n) is 7.26. The van der Waals surface area contributed by atoms with Crippen LogP contribution < -0.4 is 14.8 Å². The van der Waals surface area contributed by atoms with E-state index >= 15 is 0 Å². The minimum atomic E-state index is 0.0383. The van der Waals surface area contributed by atoms with Crippen LogP contribution in [0.25, 0.3) is 0 Å². The molecule has 1 N–H and O–H groups in total. The molecule has 0 heterocycles. The minimum absolute atomic E-state index is 0.0383. The van der Waals surface area contributed by atoms with E-state index in [1.165, 1.54) is 0 Å². The number of carbonyl (C=O) groups excluding carboxylic acids is 1. The molecule has 21 heavy (non-hydrogen) atoms. The molecule has 5 heteroatoms. The number of hydrogen-bond donors (Lipinski definition) is 1. The summed E-state index contributed by atoms with van der Waals surface area (Å²) in [6, 6.07) is 5.60. The Balaban J connectivity index is 2.38. The Labute approximate surface area is 126 Å². The summed E-state index contributed by atoms with van der Waals surface area (Å²) in [6.07, 6.45) is 1.89. The van der Waals surface area contributed by atoms with Crippen LogP contribution in [0.1, 0.15) is 25.3 Å². The molecule has 1 rings (SSSR count). The highest BCUT2D eigenvalue weighted by atomic mass is 16.5.